The van der Waals surface area contributed by atoms with Crippen LogP contribution < -0.4 is 5.32 Å². The van der Waals surface area contributed by atoms with Gasteiger partial charge in [-0.1, -0.05) is 39.5 Å². The summed E-state index contributed by atoms with van der Waals surface area (Å²) in [7, 11) is 0. The maximum absolute atomic E-state index is 11.1. The van der Waals surface area contributed by atoms with Crippen molar-refractivity contribution in [3.05, 3.63) is 22.3 Å². The van der Waals surface area contributed by atoms with Crippen LogP contribution in [0.1, 0.15) is 56.3 Å². The van der Waals surface area contributed by atoms with Gasteiger partial charge in [0.25, 0.3) is 0 Å². The summed E-state index contributed by atoms with van der Waals surface area (Å²) in [5.74, 6) is 0.263. The first-order chi connectivity index (χ1) is 9.50. The fourth-order valence-electron chi connectivity index (χ4n) is 1.98. The lowest BCUT2D eigenvalue weighted by Gasteiger charge is -2.09. The SMILES string of the molecule is CC(C)CCCCCCNc1ncc(Br)cc1C(=O)O. The zero-order chi connectivity index (χ0) is 15.0. The second-order valence-electron chi connectivity index (χ2n) is 5.38. The molecule has 0 bridgehead atoms. The van der Waals surface area contributed by atoms with Gasteiger partial charge in [-0.15, -0.1) is 0 Å². The first-order valence-electron chi connectivity index (χ1n) is 7.13. The fourth-order valence-corrected chi connectivity index (χ4v) is 2.31. The molecule has 0 aliphatic carbocycles. The average molecular weight is 343 g/mol. The van der Waals surface area contributed by atoms with E-state index in [1.54, 1.807) is 12.3 Å². The van der Waals surface area contributed by atoms with Gasteiger partial charge in [0.2, 0.25) is 0 Å². The van der Waals surface area contributed by atoms with Gasteiger partial charge in [-0.05, 0) is 34.3 Å². The molecule has 1 heterocycles. The lowest BCUT2D eigenvalue weighted by atomic mass is 10.0. The van der Waals surface area contributed by atoms with E-state index in [1.165, 1.54) is 25.7 Å². The topological polar surface area (TPSA) is 62.2 Å². The zero-order valence-electron chi connectivity index (χ0n) is 12.2. The average Bonchev–Trinajstić information content (AvgIpc) is 2.38. The van der Waals surface area contributed by atoms with Gasteiger partial charge >= 0.3 is 5.97 Å². The Balaban J connectivity index is 2.30. The van der Waals surface area contributed by atoms with Gasteiger partial charge in [-0.2, -0.15) is 0 Å². The van der Waals surface area contributed by atoms with Crippen LogP contribution in [-0.4, -0.2) is 22.6 Å². The Kier molecular flexibility index (Phi) is 7.59. The van der Waals surface area contributed by atoms with Gasteiger partial charge in [0.15, 0.2) is 0 Å². The third-order valence-electron chi connectivity index (χ3n) is 3.09. The molecular weight excluding hydrogens is 320 g/mol. The van der Waals surface area contributed by atoms with Crippen LogP contribution >= 0.6 is 15.9 Å². The number of nitrogens with one attached hydrogen (secondary N) is 1. The number of carbonyl (C=O) groups is 1. The highest BCUT2D eigenvalue weighted by Gasteiger charge is 2.11. The van der Waals surface area contributed by atoms with Crippen molar-refractivity contribution >= 4 is 27.7 Å². The lowest BCUT2D eigenvalue weighted by molar-refractivity contribution is 0.0697. The molecule has 20 heavy (non-hydrogen) atoms. The van der Waals surface area contributed by atoms with Crippen LogP contribution in [0, 0.1) is 5.92 Å². The molecule has 4 nitrogen and oxygen atoms in total. The molecule has 0 saturated heterocycles. The minimum atomic E-state index is -0.960. The number of aromatic carboxylic acids is 1. The maximum atomic E-state index is 11.1. The predicted molar refractivity (Wildman–Crippen MR) is 85.3 cm³/mol. The summed E-state index contributed by atoms with van der Waals surface area (Å²) in [6.45, 7) is 5.25. The molecule has 0 aromatic carbocycles. The molecule has 0 aliphatic heterocycles. The monoisotopic (exact) mass is 342 g/mol. The number of carboxylic acid groups (broad SMARTS) is 1. The summed E-state index contributed by atoms with van der Waals surface area (Å²) < 4.78 is 0.675. The largest absolute Gasteiger partial charge is 0.478 e. The number of hydrogen-bond acceptors (Lipinski definition) is 3. The number of aromatic nitrogens is 1. The van der Waals surface area contributed by atoms with E-state index in [-0.39, 0.29) is 5.56 Å². The molecule has 0 saturated carbocycles. The summed E-state index contributed by atoms with van der Waals surface area (Å²) in [5.41, 5.74) is 0.208. The number of carboxylic acids is 1. The van der Waals surface area contributed by atoms with Gasteiger partial charge in [0.1, 0.15) is 11.4 Å². The van der Waals surface area contributed by atoms with E-state index >= 15 is 0 Å². The number of halogens is 1. The summed E-state index contributed by atoms with van der Waals surface area (Å²) >= 11 is 3.23. The van der Waals surface area contributed by atoms with Crippen LogP contribution in [0.2, 0.25) is 0 Å². The molecule has 0 spiro atoms. The molecular formula is C15H23BrN2O2. The Morgan fingerprint density at radius 2 is 2.05 bits per heavy atom. The van der Waals surface area contributed by atoms with E-state index in [9.17, 15) is 4.79 Å². The zero-order valence-corrected chi connectivity index (χ0v) is 13.7. The minimum absolute atomic E-state index is 0.208. The van der Waals surface area contributed by atoms with Crippen molar-refractivity contribution in [2.75, 3.05) is 11.9 Å². The highest BCUT2D eigenvalue weighted by atomic mass is 79.9. The van der Waals surface area contributed by atoms with Crippen LogP contribution in [0.25, 0.3) is 0 Å². The summed E-state index contributed by atoms with van der Waals surface area (Å²) in [5, 5.41) is 12.2. The van der Waals surface area contributed by atoms with Crippen molar-refractivity contribution in [2.24, 2.45) is 5.92 Å². The van der Waals surface area contributed by atoms with E-state index in [0.29, 0.717) is 10.3 Å². The van der Waals surface area contributed by atoms with Crippen molar-refractivity contribution < 1.29 is 9.90 Å². The van der Waals surface area contributed by atoms with E-state index in [2.05, 4.69) is 40.1 Å². The quantitative estimate of drug-likeness (QED) is 0.645. The second kappa shape index (κ2) is 8.95. The highest BCUT2D eigenvalue weighted by molar-refractivity contribution is 9.10. The molecule has 0 fully saturated rings. The van der Waals surface area contributed by atoms with Crippen LogP contribution in [-0.2, 0) is 0 Å². The number of pyridine rings is 1. The third-order valence-corrected chi connectivity index (χ3v) is 3.52. The highest BCUT2D eigenvalue weighted by Crippen LogP contribution is 2.18. The number of rotatable bonds is 9. The third kappa shape index (κ3) is 6.37. The number of hydrogen-bond donors (Lipinski definition) is 2. The standard InChI is InChI=1S/C15H23BrN2O2/c1-11(2)7-5-3-4-6-8-17-14-13(15(19)20)9-12(16)10-18-14/h9-11H,3-8H2,1-2H3,(H,17,18)(H,19,20). The van der Waals surface area contributed by atoms with Crippen molar-refractivity contribution in [3.8, 4) is 0 Å². The molecule has 112 valence electrons. The smallest absolute Gasteiger partial charge is 0.339 e. The molecule has 0 radical (unpaired) electrons. The Morgan fingerprint density at radius 3 is 2.70 bits per heavy atom. The number of anilines is 1. The molecule has 0 unspecified atom stereocenters. The van der Waals surface area contributed by atoms with Crippen LogP contribution in [0.5, 0.6) is 0 Å². The van der Waals surface area contributed by atoms with Crippen LogP contribution in [0.3, 0.4) is 0 Å². The number of nitrogens with zero attached hydrogens (tertiary/aromatic N) is 1. The van der Waals surface area contributed by atoms with Crippen molar-refractivity contribution in [1.29, 1.82) is 0 Å². The molecule has 2 N–H and O–H groups in total. The summed E-state index contributed by atoms with van der Waals surface area (Å²) in [6.07, 6.45) is 7.60. The van der Waals surface area contributed by atoms with Crippen LogP contribution in [0.4, 0.5) is 5.82 Å². The molecule has 1 aromatic heterocycles. The van der Waals surface area contributed by atoms with Gasteiger partial charge in [-0.3, -0.25) is 0 Å². The Labute approximate surface area is 129 Å². The van der Waals surface area contributed by atoms with Crippen LogP contribution in [0.15, 0.2) is 16.7 Å². The van der Waals surface area contributed by atoms with Crippen molar-refractivity contribution in [1.82, 2.24) is 4.98 Å². The van der Waals surface area contributed by atoms with E-state index in [4.69, 9.17) is 5.11 Å². The lowest BCUT2D eigenvalue weighted by Crippen LogP contribution is -2.09. The van der Waals surface area contributed by atoms with E-state index in [1.807, 2.05) is 0 Å². The normalized spacial score (nSPS) is 10.8. The molecule has 0 atom stereocenters. The van der Waals surface area contributed by atoms with E-state index < -0.39 is 5.97 Å². The first-order valence-corrected chi connectivity index (χ1v) is 7.92. The summed E-state index contributed by atoms with van der Waals surface area (Å²) in [4.78, 5) is 15.2. The van der Waals surface area contributed by atoms with Gasteiger partial charge in [0.05, 0.1) is 0 Å². The Hall–Kier alpha value is -1.10. The van der Waals surface area contributed by atoms with Gasteiger partial charge in [0, 0.05) is 17.2 Å². The molecule has 0 aliphatic rings. The maximum Gasteiger partial charge on any atom is 0.339 e. The summed E-state index contributed by atoms with van der Waals surface area (Å²) in [6, 6.07) is 1.57. The van der Waals surface area contributed by atoms with Gasteiger partial charge < -0.3 is 10.4 Å². The number of unbranched alkanes of at least 4 members (excludes halogenated alkanes) is 3. The molecule has 5 heteroatoms. The Bertz CT molecular complexity index is 436. The second-order valence-corrected chi connectivity index (χ2v) is 6.29. The Morgan fingerprint density at radius 1 is 1.35 bits per heavy atom. The van der Waals surface area contributed by atoms with E-state index in [0.717, 1.165) is 18.9 Å². The molecule has 1 rings (SSSR count). The van der Waals surface area contributed by atoms with Gasteiger partial charge in [-0.25, -0.2) is 9.78 Å². The fraction of sp³-hybridized carbons (Fsp3) is 0.600. The minimum Gasteiger partial charge on any atom is -0.478 e. The van der Waals surface area contributed by atoms with Crippen molar-refractivity contribution in [2.45, 2.75) is 46.0 Å². The molecule has 0 amide bonds. The van der Waals surface area contributed by atoms with Crippen molar-refractivity contribution in [3.63, 3.8) is 0 Å². The molecule has 1 aromatic rings. The predicted octanol–water partition coefficient (Wildman–Crippen LogP) is 4.56. The first kappa shape index (κ1) is 17.0.